The number of nitrogens with zero attached hydrogens (tertiary/aromatic N) is 3. The molecule has 1 saturated carbocycles. The molecule has 2 aromatic rings. The fourth-order valence-corrected chi connectivity index (χ4v) is 3.54. The molecule has 0 saturated heterocycles. The van der Waals surface area contributed by atoms with Crippen molar-refractivity contribution in [1.29, 1.82) is 0 Å². The van der Waals surface area contributed by atoms with Gasteiger partial charge in [0.15, 0.2) is 0 Å². The van der Waals surface area contributed by atoms with Gasteiger partial charge in [-0.25, -0.2) is 8.42 Å². The Morgan fingerprint density at radius 3 is 2.79 bits per heavy atom. The third-order valence-corrected chi connectivity index (χ3v) is 4.96. The summed E-state index contributed by atoms with van der Waals surface area (Å²) in [7, 11) is -3.48. The third-order valence-electron chi connectivity index (χ3n) is 3.10. The summed E-state index contributed by atoms with van der Waals surface area (Å²) in [6.07, 6.45) is 7.95. The van der Waals surface area contributed by atoms with E-state index in [2.05, 4.69) is 15.2 Å². The number of hydrogen-bond donors (Lipinski definition) is 1. The van der Waals surface area contributed by atoms with Gasteiger partial charge in [-0.1, -0.05) is 6.07 Å². The average Bonchev–Trinajstić information content (AvgIpc) is 3.09. The van der Waals surface area contributed by atoms with Gasteiger partial charge in [-0.15, -0.1) is 0 Å². The zero-order valence-electron chi connectivity index (χ0n) is 10.2. The molecule has 1 aliphatic rings. The van der Waals surface area contributed by atoms with Crippen LogP contribution in [0.4, 0.5) is 0 Å². The van der Waals surface area contributed by atoms with Gasteiger partial charge in [0.1, 0.15) is 4.90 Å². The summed E-state index contributed by atoms with van der Waals surface area (Å²) in [5, 5.41) is 6.26. The summed E-state index contributed by atoms with van der Waals surface area (Å²) >= 11 is 0. The van der Waals surface area contributed by atoms with Crippen LogP contribution in [0, 0.1) is 0 Å². The van der Waals surface area contributed by atoms with Crippen molar-refractivity contribution in [3.05, 3.63) is 42.5 Å². The van der Waals surface area contributed by atoms with Crippen molar-refractivity contribution in [1.82, 2.24) is 19.5 Å². The number of aromatic nitrogens is 3. The molecule has 0 bridgehead atoms. The number of nitrogens with one attached hydrogen (secondary N) is 1. The second kappa shape index (κ2) is 4.75. The summed E-state index contributed by atoms with van der Waals surface area (Å²) in [6.45, 7) is 0.353. The summed E-state index contributed by atoms with van der Waals surface area (Å²) in [4.78, 5) is 4.23. The van der Waals surface area contributed by atoms with Gasteiger partial charge in [0, 0.05) is 31.2 Å². The van der Waals surface area contributed by atoms with Crippen LogP contribution in [-0.2, 0) is 16.6 Å². The van der Waals surface area contributed by atoms with Crippen molar-refractivity contribution in [3.8, 4) is 0 Å². The molecule has 3 rings (SSSR count). The Bertz CT molecular complexity index is 636. The van der Waals surface area contributed by atoms with E-state index in [0.717, 1.165) is 18.4 Å². The van der Waals surface area contributed by atoms with E-state index in [1.165, 1.54) is 16.7 Å². The normalized spacial score (nSPS) is 15.8. The zero-order valence-corrected chi connectivity index (χ0v) is 11.0. The largest absolute Gasteiger partial charge is 0.284 e. The van der Waals surface area contributed by atoms with E-state index < -0.39 is 10.0 Å². The maximum atomic E-state index is 12.5. The minimum Gasteiger partial charge on any atom is -0.284 e. The lowest BCUT2D eigenvalue weighted by atomic mass is 10.3. The van der Waals surface area contributed by atoms with Crippen LogP contribution in [-0.4, -0.2) is 33.9 Å². The Hall–Kier alpha value is -1.73. The molecule has 1 aliphatic carbocycles. The average molecular weight is 278 g/mol. The van der Waals surface area contributed by atoms with Crippen LogP contribution in [0.25, 0.3) is 0 Å². The van der Waals surface area contributed by atoms with Gasteiger partial charge in [0.05, 0.1) is 6.20 Å². The maximum absolute atomic E-state index is 12.5. The topological polar surface area (TPSA) is 79.0 Å². The van der Waals surface area contributed by atoms with Gasteiger partial charge in [0.25, 0.3) is 0 Å². The highest BCUT2D eigenvalue weighted by molar-refractivity contribution is 7.89. The first kappa shape index (κ1) is 12.3. The Kier molecular flexibility index (Phi) is 3.08. The first-order valence-corrected chi connectivity index (χ1v) is 7.51. The molecular weight excluding hydrogens is 264 g/mol. The van der Waals surface area contributed by atoms with Crippen molar-refractivity contribution in [3.63, 3.8) is 0 Å². The van der Waals surface area contributed by atoms with Crippen LogP contribution < -0.4 is 0 Å². The van der Waals surface area contributed by atoms with Gasteiger partial charge in [-0.2, -0.15) is 9.40 Å². The molecule has 7 heteroatoms. The van der Waals surface area contributed by atoms with Crippen molar-refractivity contribution in [2.24, 2.45) is 0 Å². The first-order valence-electron chi connectivity index (χ1n) is 6.07. The van der Waals surface area contributed by atoms with Gasteiger partial charge < -0.3 is 0 Å². The molecule has 0 unspecified atom stereocenters. The summed E-state index contributed by atoms with van der Waals surface area (Å²) in [5.41, 5.74) is 0.890. The van der Waals surface area contributed by atoms with Gasteiger partial charge in [-0.3, -0.25) is 10.1 Å². The van der Waals surface area contributed by atoms with Crippen LogP contribution in [0.1, 0.15) is 18.4 Å². The molecule has 6 nitrogen and oxygen atoms in total. The standard InChI is InChI=1S/C12H14N4O2S/c17-19(18,12-7-14-15-8-12)16(11-3-4-11)9-10-2-1-5-13-6-10/h1-2,5-8,11H,3-4,9H2,(H,14,15). The highest BCUT2D eigenvalue weighted by Crippen LogP contribution is 2.33. The van der Waals surface area contributed by atoms with Crippen LogP contribution in [0.15, 0.2) is 41.8 Å². The van der Waals surface area contributed by atoms with Crippen molar-refractivity contribution in [2.45, 2.75) is 30.3 Å². The van der Waals surface area contributed by atoms with E-state index in [1.54, 1.807) is 12.4 Å². The summed E-state index contributed by atoms with van der Waals surface area (Å²) in [5.74, 6) is 0. The Balaban J connectivity index is 1.90. The van der Waals surface area contributed by atoms with Crippen molar-refractivity contribution >= 4 is 10.0 Å². The lowest BCUT2D eigenvalue weighted by molar-refractivity contribution is 0.398. The number of H-pyrrole nitrogens is 1. The number of pyridine rings is 1. The molecule has 0 aliphatic heterocycles. The lowest BCUT2D eigenvalue weighted by Crippen LogP contribution is -2.32. The number of hydrogen-bond acceptors (Lipinski definition) is 4. The maximum Gasteiger partial charge on any atom is 0.246 e. The van der Waals surface area contributed by atoms with Crippen molar-refractivity contribution < 1.29 is 8.42 Å². The quantitative estimate of drug-likeness (QED) is 0.890. The highest BCUT2D eigenvalue weighted by Gasteiger charge is 2.38. The van der Waals surface area contributed by atoms with E-state index in [1.807, 2.05) is 12.1 Å². The summed E-state index contributed by atoms with van der Waals surface area (Å²) < 4.78 is 26.6. The molecule has 2 heterocycles. The fourth-order valence-electron chi connectivity index (χ4n) is 1.96. The molecule has 19 heavy (non-hydrogen) atoms. The SMILES string of the molecule is O=S(=O)(c1cn[nH]c1)N(Cc1cccnc1)C1CC1. The molecule has 1 N–H and O–H groups in total. The summed E-state index contributed by atoms with van der Waals surface area (Å²) in [6, 6.07) is 3.79. The van der Waals surface area contributed by atoms with Gasteiger partial charge >= 0.3 is 0 Å². The minimum absolute atomic E-state index is 0.0973. The van der Waals surface area contributed by atoms with E-state index in [0.29, 0.717) is 6.54 Å². The van der Waals surface area contributed by atoms with E-state index in [-0.39, 0.29) is 10.9 Å². The number of aromatic amines is 1. The first-order chi connectivity index (χ1) is 9.18. The van der Waals surface area contributed by atoms with Gasteiger partial charge in [-0.05, 0) is 24.5 Å². The van der Waals surface area contributed by atoms with Crippen molar-refractivity contribution in [2.75, 3.05) is 0 Å². The predicted molar refractivity (Wildman–Crippen MR) is 68.6 cm³/mol. The predicted octanol–water partition coefficient (Wildman–Crippen LogP) is 1.16. The molecule has 0 amide bonds. The third kappa shape index (κ3) is 2.52. The van der Waals surface area contributed by atoms with Crippen LogP contribution in [0.2, 0.25) is 0 Å². The second-order valence-electron chi connectivity index (χ2n) is 4.58. The molecule has 1 fully saturated rings. The van der Waals surface area contributed by atoms with Crippen LogP contribution in [0.5, 0.6) is 0 Å². The molecule has 0 aromatic carbocycles. The molecule has 100 valence electrons. The molecule has 0 radical (unpaired) electrons. The number of rotatable bonds is 5. The molecule has 0 atom stereocenters. The fraction of sp³-hybridized carbons (Fsp3) is 0.333. The minimum atomic E-state index is -3.48. The molecule has 2 aromatic heterocycles. The van der Waals surface area contributed by atoms with Crippen LogP contribution in [0.3, 0.4) is 0 Å². The van der Waals surface area contributed by atoms with E-state index in [4.69, 9.17) is 0 Å². The van der Waals surface area contributed by atoms with E-state index in [9.17, 15) is 8.42 Å². The second-order valence-corrected chi connectivity index (χ2v) is 6.47. The van der Waals surface area contributed by atoms with Gasteiger partial charge in [0.2, 0.25) is 10.0 Å². The Morgan fingerprint density at radius 1 is 1.37 bits per heavy atom. The lowest BCUT2D eigenvalue weighted by Gasteiger charge is -2.20. The Labute approximate surface area is 111 Å². The number of sulfonamides is 1. The van der Waals surface area contributed by atoms with E-state index >= 15 is 0 Å². The smallest absolute Gasteiger partial charge is 0.246 e. The monoisotopic (exact) mass is 278 g/mol. The molecular formula is C12H14N4O2S. The molecule has 0 spiro atoms. The zero-order chi connectivity index (χ0) is 13.3. The highest BCUT2D eigenvalue weighted by atomic mass is 32.2. The van der Waals surface area contributed by atoms with Crippen LogP contribution >= 0.6 is 0 Å². The Morgan fingerprint density at radius 2 is 2.21 bits per heavy atom.